The van der Waals surface area contributed by atoms with Crippen LogP contribution in [0.2, 0.25) is 0 Å². The van der Waals surface area contributed by atoms with Gasteiger partial charge in [-0.05, 0) is 40.9 Å². The average Bonchev–Trinajstić information content (AvgIpc) is 2.53. The topological polar surface area (TPSA) is 0 Å². The Morgan fingerprint density at radius 1 is 1.27 bits per heavy atom. The van der Waals surface area contributed by atoms with Crippen molar-refractivity contribution < 1.29 is 0 Å². The van der Waals surface area contributed by atoms with E-state index in [2.05, 4.69) is 6.58 Å². The van der Waals surface area contributed by atoms with Crippen molar-refractivity contribution >= 4 is 11.8 Å². The normalized spacial score (nSPS) is 40.5. The number of hydrogen-bond acceptors (Lipinski definition) is 1. The highest BCUT2D eigenvalue weighted by atomic mass is 32.2. The van der Waals surface area contributed by atoms with Crippen LogP contribution in [0.3, 0.4) is 0 Å². The fraction of sp³-hybridized carbons (Fsp3) is 0.600. The third-order valence-electron chi connectivity index (χ3n) is 3.25. The molecular weight excluding hydrogens is 152 g/mol. The van der Waals surface area contributed by atoms with Gasteiger partial charge < -0.3 is 0 Å². The first-order chi connectivity index (χ1) is 5.34. The summed E-state index contributed by atoms with van der Waals surface area (Å²) in [6.07, 6.45) is 5.63. The summed E-state index contributed by atoms with van der Waals surface area (Å²) in [6, 6.07) is 0. The molecule has 11 heavy (non-hydrogen) atoms. The summed E-state index contributed by atoms with van der Waals surface area (Å²) in [5, 5.41) is 0. The molecule has 0 amide bonds. The molecule has 0 aromatic carbocycles. The van der Waals surface area contributed by atoms with Crippen LogP contribution in [-0.2, 0) is 0 Å². The lowest BCUT2D eigenvalue weighted by Gasteiger charge is -2.10. The molecule has 1 heterocycles. The molecule has 0 saturated heterocycles. The van der Waals surface area contributed by atoms with Gasteiger partial charge in [0.15, 0.2) is 0 Å². The first-order valence-corrected chi connectivity index (χ1v) is 5.25. The monoisotopic (exact) mass is 164 g/mol. The van der Waals surface area contributed by atoms with E-state index >= 15 is 0 Å². The highest BCUT2D eigenvalue weighted by molar-refractivity contribution is 8.07. The van der Waals surface area contributed by atoms with Crippen molar-refractivity contribution in [1.82, 2.24) is 0 Å². The molecule has 0 radical (unpaired) electrons. The van der Waals surface area contributed by atoms with Crippen LogP contribution < -0.4 is 0 Å². The predicted molar refractivity (Wildman–Crippen MR) is 49.2 cm³/mol. The Labute approximate surface area is 71.8 Å². The Bertz CT molecular complexity index is 238. The first-order valence-electron chi connectivity index (χ1n) is 4.43. The first kappa shape index (κ1) is 6.36. The van der Waals surface area contributed by atoms with Crippen LogP contribution in [0.15, 0.2) is 22.0 Å². The minimum Gasteiger partial charge on any atom is -0.0990 e. The van der Waals surface area contributed by atoms with Crippen molar-refractivity contribution in [3.8, 4) is 0 Å². The van der Waals surface area contributed by atoms with E-state index in [1.807, 2.05) is 11.8 Å². The molecule has 0 nitrogen and oxygen atoms in total. The zero-order valence-corrected chi connectivity index (χ0v) is 7.41. The smallest absolute Gasteiger partial charge is 0.000451 e. The highest BCUT2D eigenvalue weighted by Gasteiger charge is 2.42. The molecular formula is C10H12S. The second-order valence-electron chi connectivity index (χ2n) is 3.91. The summed E-state index contributed by atoms with van der Waals surface area (Å²) < 4.78 is 0. The van der Waals surface area contributed by atoms with Gasteiger partial charge in [0.05, 0.1) is 0 Å². The summed E-state index contributed by atoms with van der Waals surface area (Å²) in [5.41, 5.74) is 1.77. The molecule has 2 bridgehead atoms. The number of allylic oxidation sites excluding steroid dienone is 3. The molecule has 0 N–H and O–H groups in total. The lowest BCUT2D eigenvalue weighted by Crippen LogP contribution is -1.95. The molecule has 3 aliphatic rings. The number of thioether (sulfide) groups is 1. The molecule has 2 unspecified atom stereocenters. The molecule has 1 aliphatic heterocycles. The second kappa shape index (κ2) is 1.95. The summed E-state index contributed by atoms with van der Waals surface area (Å²) in [4.78, 5) is 3.12. The quantitative estimate of drug-likeness (QED) is 0.529. The van der Waals surface area contributed by atoms with Gasteiger partial charge in [0.1, 0.15) is 0 Å². The predicted octanol–water partition coefficient (Wildman–Crippen LogP) is 3.32. The van der Waals surface area contributed by atoms with Gasteiger partial charge >= 0.3 is 0 Å². The van der Waals surface area contributed by atoms with E-state index < -0.39 is 0 Å². The summed E-state index contributed by atoms with van der Waals surface area (Å²) >= 11 is 1.98. The lowest BCUT2D eigenvalue weighted by molar-refractivity contribution is 0.644. The number of rotatable bonds is 0. The van der Waals surface area contributed by atoms with E-state index in [1.54, 1.807) is 10.5 Å². The zero-order chi connectivity index (χ0) is 7.42. The molecule has 58 valence electrons. The van der Waals surface area contributed by atoms with Crippen LogP contribution >= 0.6 is 11.8 Å². The van der Waals surface area contributed by atoms with E-state index in [-0.39, 0.29) is 0 Å². The summed E-state index contributed by atoms with van der Waals surface area (Å²) in [7, 11) is 0. The molecule has 1 heteroatoms. The molecule has 2 aliphatic carbocycles. The third-order valence-corrected chi connectivity index (χ3v) is 4.50. The van der Waals surface area contributed by atoms with Crippen molar-refractivity contribution in [2.24, 2.45) is 11.8 Å². The molecule has 3 rings (SSSR count). The maximum atomic E-state index is 4.05. The lowest BCUT2D eigenvalue weighted by atomic mass is 9.96. The van der Waals surface area contributed by atoms with Gasteiger partial charge in [-0.1, -0.05) is 23.9 Å². The molecule has 0 spiro atoms. The van der Waals surface area contributed by atoms with Crippen molar-refractivity contribution in [3.63, 3.8) is 0 Å². The molecule has 2 atom stereocenters. The Hall–Kier alpha value is -0.170. The standard InChI is InChI=1S/C10H12S/c1-6-4-9-7-2-3-8(5-7)10(9)11-6/h7-8H,1-5H2. The molecule has 0 aromatic heterocycles. The minimum atomic E-state index is 0.958. The SMILES string of the molecule is C=C1CC2=C(S1)C1CCC2C1. The Morgan fingerprint density at radius 2 is 2.09 bits per heavy atom. The van der Waals surface area contributed by atoms with Gasteiger partial charge in [-0.25, -0.2) is 0 Å². The van der Waals surface area contributed by atoms with Crippen molar-refractivity contribution in [1.29, 1.82) is 0 Å². The fourth-order valence-corrected chi connectivity index (χ4v) is 4.07. The second-order valence-corrected chi connectivity index (χ2v) is 5.14. The maximum absolute atomic E-state index is 4.05. The molecule has 0 aromatic rings. The van der Waals surface area contributed by atoms with E-state index in [1.165, 1.54) is 30.6 Å². The largest absolute Gasteiger partial charge is 0.0990 e. The maximum Gasteiger partial charge on any atom is 0.000451 e. The minimum absolute atomic E-state index is 0.958. The van der Waals surface area contributed by atoms with E-state index in [0.29, 0.717) is 0 Å². The van der Waals surface area contributed by atoms with E-state index in [4.69, 9.17) is 0 Å². The van der Waals surface area contributed by atoms with Crippen LogP contribution in [0.25, 0.3) is 0 Å². The van der Waals surface area contributed by atoms with Gasteiger partial charge in [0.25, 0.3) is 0 Å². The van der Waals surface area contributed by atoms with Gasteiger partial charge in [0, 0.05) is 6.42 Å². The van der Waals surface area contributed by atoms with Crippen molar-refractivity contribution in [2.75, 3.05) is 0 Å². The summed E-state index contributed by atoms with van der Waals surface area (Å²) in [6.45, 7) is 4.05. The van der Waals surface area contributed by atoms with Crippen molar-refractivity contribution in [2.45, 2.75) is 25.7 Å². The Morgan fingerprint density at radius 3 is 2.91 bits per heavy atom. The van der Waals surface area contributed by atoms with E-state index in [9.17, 15) is 0 Å². The van der Waals surface area contributed by atoms with Crippen LogP contribution in [0.5, 0.6) is 0 Å². The van der Waals surface area contributed by atoms with Crippen LogP contribution in [0.1, 0.15) is 25.7 Å². The Kier molecular flexibility index (Phi) is 1.13. The summed E-state index contributed by atoms with van der Waals surface area (Å²) in [5.74, 6) is 1.93. The van der Waals surface area contributed by atoms with Crippen LogP contribution in [0, 0.1) is 11.8 Å². The van der Waals surface area contributed by atoms with Gasteiger partial charge in [-0.3, -0.25) is 0 Å². The molecule has 1 saturated carbocycles. The fourth-order valence-electron chi connectivity index (χ4n) is 2.78. The van der Waals surface area contributed by atoms with Crippen LogP contribution in [0.4, 0.5) is 0 Å². The number of hydrogen-bond donors (Lipinski definition) is 0. The average molecular weight is 164 g/mol. The van der Waals surface area contributed by atoms with Crippen LogP contribution in [-0.4, -0.2) is 0 Å². The van der Waals surface area contributed by atoms with Gasteiger partial charge in [0.2, 0.25) is 0 Å². The zero-order valence-electron chi connectivity index (χ0n) is 6.60. The third kappa shape index (κ3) is 0.725. The van der Waals surface area contributed by atoms with Crippen molar-refractivity contribution in [3.05, 3.63) is 22.0 Å². The highest BCUT2D eigenvalue weighted by Crippen LogP contribution is 2.59. The van der Waals surface area contributed by atoms with Gasteiger partial charge in [-0.2, -0.15) is 0 Å². The Balaban J connectivity index is 2.03. The molecule has 1 fully saturated rings. The number of fused-ring (bicyclic) bond motifs is 4. The van der Waals surface area contributed by atoms with Gasteiger partial charge in [-0.15, -0.1) is 0 Å². The van der Waals surface area contributed by atoms with E-state index in [0.717, 1.165) is 11.8 Å².